The Balaban J connectivity index is 1.87. The number of allylic oxidation sites excluding steroid dienone is 9. The monoisotopic (exact) mass is 581 g/mol. The molecule has 1 fully saturated rings. The summed E-state index contributed by atoms with van der Waals surface area (Å²) in [6.45, 7) is 26.1. The van der Waals surface area contributed by atoms with E-state index in [9.17, 15) is 0 Å². The van der Waals surface area contributed by atoms with Crippen molar-refractivity contribution in [2.24, 2.45) is 5.92 Å². The molecule has 1 aliphatic carbocycles. The van der Waals surface area contributed by atoms with E-state index in [1.165, 1.54) is 31.7 Å². The molecule has 2 aromatic rings. The minimum Gasteiger partial charge on any atom is -0.388 e. The molecule has 5 nitrogen and oxygen atoms in total. The highest BCUT2D eigenvalue weighted by molar-refractivity contribution is 5.87. The predicted molar refractivity (Wildman–Crippen MR) is 184 cm³/mol. The summed E-state index contributed by atoms with van der Waals surface area (Å²) in [7, 11) is 1.78. The van der Waals surface area contributed by atoms with E-state index in [2.05, 4.69) is 47.3 Å². The largest absolute Gasteiger partial charge is 0.388 e. The average molecular weight is 582 g/mol. The van der Waals surface area contributed by atoms with Gasteiger partial charge in [0, 0.05) is 48.0 Å². The maximum Gasteiger partial charge on any atom is 0.133 e. The van der Waals surface area contributed by atoms with Crippen LogP contribution in [0.25, 0.3) is 16.8 Å². The van der Waals surface area contributed by atoms with Gasteiger partial charge in [-0.3, -0.25) is 0 Å². The fourth-order valence-electron chi connectivity index (χ4n) is 5.40. The number of aromatic nitrogens is 2. The van der Waals surface area contributed by atoms with Gasteiger partial charge in [0.2, 0.25) is 0 Å². The molecule has 6 heteroatoms. The molecule has 0 spiro atoms. The van der Waals surface area contributed by atoms with Crippen LogP contribution in [-0.2, 0) is 0 Å². The summed E-state index contributed by atoms with van der Waals surface area (Å²) in [5, 5.41) is 10.1. The van der Waals surface area contributed by atoms with E-state index in [-0.39, 0.29) is 5.82 Å². The van der Waals surface area contributed by atoms with Gasteiger partial charge in [-0.2, -0.15) is 0 Å². The van der Waals surface area contributed by atoms with Crippen molar-refractivity contribution in [2.75, 3.05) is 25.5 Å². The quantitative estimate of drug-likeness (QED) is 0.184. The molecular weight excluding hydrogens is 533 g/mol. The van der Waals surface area contributed by atoms with Crippen LogP contribution in [0.1, 0.15) is 63.3 Å². The number of benzene rings is 1. The van der Waals surface area contributed by atoms with Gasteiger partial charge < -0.3 is 20.5 Å². The normalized spacial score (nSPS) is 15.3. The van der Waals surface area contributed by atoms with Crippen LogP contribution in [0.3, 0.4) is 0 Å². The zero-order valence-corrected chi connectivity index (χ0v) is 26.6. The molecule has 0 aliphatic heterocycles. The Bertz CT molecular complexity index is 1470. The molecule has 0 bridgehead atoms. The maximum absolute atomic E-state index is 15.5. The van der Waals surface area contributed by atoms with Gasteiger partial charge in [-0.05, 0) is 93.5 Å². The summed E-state index contributed by atoms with van der Waals surface area (Å²) in [5.41, 5.74) is 8.74. The maximum atomic E-state index is 15.5. The first-order chi connectivity index (χ1) is 20.6. The molecule has 3 rings (SSSR count). The highest BCUT2D eigenvalue weighted by Crippen LogP contribution is 2.33. The minimum absolute atomic E-state index is 0.312. The number of anilines is 1. The molecule has 1 aromatic heterocycles. The lowest BCUT2D eigenvalue weighted by Gasteiger charge is -2.20. The molecule has 1 aromatic carbocycles. The Morgan fingerprint density at radius 2 is 1.86 bits per heavy atom. The molecule has 0 amide bonds. The molecule has 0 radical (unpaired) electrons. The standard InChI is InChI=1S/C37H48FN5/c1-10-15-37(43-23-25(4)41-24-43)27(6)29(8)42-28(7)26(5)33-19-34(35(38)20-36(33)39-9)32(12-3)18-30(11-2)21-40-22-31-16-13-14-17-31/h10-12,15,18-20,23-24,31,39-40,42H,1-2,5,7,13-14,16-17,21-22H2,3-4,6,8-9H3/b29-27+,30-18+,32-12+,37-15+. The van der Waals surface area contributed by atoms with Crippen LogP contribution in [0.2, 0.25) is 0 Å². The molecule has 1 aliphatic rings. The first-order valence-electron chi connectivity index (χ1n) is 15.0. The van der Waals surface area contributed by atoms with Crippen molar-refractivity contribution in [1.29, 1.82) is 0 Å². The highest BCUT2D eigenvalue weighted by Gasteiger charge is 2.17. The van der Waals surface area contributed by atoms with Crippen LogP contribution in [0.5, 0.6) is 0 Å². The molecule has 0 saturated heterocycles. The number of halogens is 1. The third kappa shape index (κ3) is 8.68. The van der Waals surface area contributed by atoms with Gasteiger partial charge in [0.25, 0.3) is 0 Å². The zero-order valence-electron chi connectivity index (χ0n) is 26.6. The fourth-order valence-corrected chi connectivity index (χ4v) is 5.40. The van der Waals surface area contributed by atoms with E-state index in [0.29, 0.717) is 29.1 Å². The van der Waals surface area contributed by atoms with E-state index >= 15 is 4.39 Å². The predicted octanol–water partition coefficient (Wildman–Crippen LogP) is 8.81. The van der Waals surface area contributed by atoms with Crippen LogP contribution in [-0.4, -0.2) is 29.7 Å². The van der Waals surface area contributed by atoms with Crippen molar-refractivity contribution >= 4 is 22.5 Å². The van der Waals surface area contributed by atoms with E-state index in [1.807, 2.05) is 68.8 Å². The van der Waals surface area contributed by atoms with Crippen molar-refractivity contribution in [3.05, 3.63) is 127 Å². The molecule has 1 saturated carbocycles. The van der Waals surface area contributed by atoms with Gasteiger partial charge in [-0.25, -0.2) is 9.37 Å². The minimum atomic E-state index is -0.312. The van der Waals surface area contributed by atoms with Gasteiger partial charge in [0.1, 0.15) is 5.82 Å². The van der Waals surface area contributed by atoms with E-state index in [0.717, 1.165) is 51.8 Å². The summed E-state index contributed by atoms with van der Waals surface area (Å²) >= 11 is 0. The number of rotatable bonds is 15. The van der Waals surface area contributed by atoms with Gasteiger partial charge in [0.15, 0.2) is 0 Å². The second kappa shape index (κ2) is 15.9. The number of hydrogen-bond donors (Lipinski definition) is 3. The van der Waals surface area contributed by atoms with Crippen LogP contribution in [0.15, 0.2) is 104 Å². The molecule has 0 atom stereocenters. The second-order valence-corrected chi connectivity index (χ2v) is 11.1. The second-order valence-electron chi connectivity index (χ2n) is 11.1. The van der Waals surface area contributed by atoms with Crippen molar-refractivity contribution in [1.82, 2.24) is 20.2 Å². The van der Waals surface area contributed by atoms with Crippen molar-refractivity contribution in [3.63, 3.8) is 0 Å². The Morgan fingerprint density at radius 1 is 1.14 bits per heavy atom. The van der Waals surface area contributed by atoms with E-state index in [1.54, 1.807) is 19.5 Å². The molecule has 3 N–H and O–H groups in total. The van der Waals surface area contributed by atoms with Crippen molar-refractivity contribution < 1.29 is 4.39 Å². The van der Waals surface area contributed by atoms with Gasteiger partial charge in [-0.15, -0.1) is 0 Å². The number of hydrogen-bond acceptors (Lipinski definition) is 4. The SMILES string of the molecule is C=C/C=C(\C(C)=C(/C)NC(=C)C(=C)c1cc(C(/C=C(\C=C)CNCC2CCCC2)=C/C)c(F)cc1NC)n1cnc(C)c1. The van der Waals surface area contributed by atoms with Gasteiger partial charge in [0.05, 0.1) is 17.7 Å². The Hall–Kier alpha value is -4.16. The lowest BCUT2D eigenvalue weighted by molar-refractivity contribution is 0.503. The number of imidazole rings is 1. The number of aryl methyl sites for hydroxylation is 1. The third-order valence-corrected chi connectivity index (χ3v) is 8.08. The first kappa shape index (κ1) is 33.3. The van der Waals surface area contributed by atoms with Crippen molar-refractivity contribution in [3.8, 4) is 0 Å². The topological polar surface area (TPSA) is 53.9 Å². The molecule has 228 valence electrons. The summed E-state index contributed by atoms with van der Waals surface area (Å²) < 4.78 is 17.5. The number of nitrogens with zero attached hydrogens (tertiary/aromatic N) is 2. The van der Waals surface area contributed by atoms with Crippen LogP contribution < -0.4 is 16.0 Å². The van der Waals surface area contributed by atoms with Crippen LogP contribution in [0, 0.1) is 18.7 Å². The van der Waals surface area contributed by atoms with Crippen LogP contribution >= 0.6 is 0 Å². The zero-order chi connectivity index (χ0) is 31.5. The molecule has 1 heterocycles. The summed E-state index contributed by atoms with van der Waals surface area (Å²) in [6, 6.07) is 3.37. The molecule has 0 unspecified atom stereocenters. The average Bonchev–Trinajstić information content (AvgIpc) is 3.68. The first-order valence-corrected chi connectivity index (χ1v) is 15.0. The van der Waals surface area contributed by atoms with E-state index < -0.39 is 0 Å². The highest BCUT2D eigenvalue weighted by atomic mass is 19.1. The Kier molecular flexibility index (Phi) is 12.3. The lowest BCUT2D eigenvalue weighted by atomic mass is 9.94. The van der Waals surface area contributed by atoms with Gasteiger partial charge in [-0.1, -0.05) is 63.5 Å². The Labute approximate surface area is 258 Å². The molecule has 43 heavy (non-hydrogen) atoms. The van der Waals surface area contributed by atoms with Gasteiger partial charge >= 0.3 is 0 Å². The number of nitrogens with one attached hydrogen (secondary N) is 3. The summed E-state index contributed by atoms with van der Waals surface area (Å²) in [6.07, 6.45) is 18.5. The van der Waals surface area contributed by atoms with E-state index in [4.69, 9.17) is 0 Å². The fraction of sp³-hybridized carbons (Fsp3) is 0.324. The summed E-state index contributed by atoms with van der Waals surface area (Å²) in [5.74, 6) is 0.434. The van der Waals surface area contributed by atoms with Crippen molar-refractivity contribution in [2.45, 2.75) is 53.4 Å². The summed E-state index contributed by atoms with van der Waals surface area (Å²) in [4.78, 5) is 4.36. The van der Waals surface area contributed by atoms with Crippen LogP contribution in [0.4, 0.5) is 10.1 Å². The molecular formula is C37H48FN5. The Morgan fingerprint density at radius 3 is 2.44 bits per heavy atom. The third-order valence-electron chi connectivity index (χ3n) is 8.08. The smallest absolute Gasteiger partial charge is 0.133 e. The lowest BCUT2D eigenvalue weighted by Crippen LogP contribution is -2.23.